The summed E-state index contributed by atoms with van der Waals surface area (Å²) in [6.07, 6.45) is 4.85. The Balaban J connectivity index is 1.66. The van der Waals surface area contributed by atoms with Gasteiger partial charge >= 0.3 is 6.03 Å². The molecule has 2 rings (SSSR count). The number of nitrogens with zero attached hydrogens (tertiary/aromatic N) is 1. The summed E-state index contributed by atoms with van der Waals surface area (Å²) >= 11 is 0. The average Bonchev–Trinajstić information content (AvgIpc) is 2.68. The van der Waals surface area contributed by atoms with Crippen molar-refractivity contribution in [3.63, 3.8) is 0 Å². The summed E-state index contributed by atoms with van der Waals surface area (Å²) in [6.45, 7) is 11.0. The van der Waals surface area contributed by atoms with Gasteiger partial charge in [0.2, 0.25) is 11.8 Å². The summed E-state index contributed by atoms with van der Waals surface area (Å²) in [5, 5.41) is 14.8. The number of nitrogens with one attached hydrogen (secondary N) is 5. The number of hydrogen-bond donors (Lipinski definition) is 5. The van der Waals surface area contributed by atoms with Crippen molar-refractivity contribution in [1.29, 1.82) is 0 Å². The molecule has 0 aromatic heterocycles. The standard InChI is InChI=1S/C20H38N6O3/c1-2-20(17(27)24-19(29)25-18(20)28)7-5-3-4-6-14-26-15-12-22-10-8-21-9-11-23-13-16-26/h21-23H,2-16H2,1H3,(H2,24,25,27,28,29). The van der Waals surface area contributed by atoms with E-state index in [1.807, 2.05) is 6.92 Å². The molecule has 2 aliphatic rings. The fourth-order valence-corrected chi connectivity index (χ4v) is 3.96. The molecule has 2 fully saturated rings. The van der Waals surface area contributed by atoms with E-state index in [0.29, 0.717) is 12.8 Å². The fraction of sp³-hybridized carbons (Fsp3) is 0.850. The normalized spacial score (nSPS) is 22.3. The highest BCUT2D eigenvalue weighted by molar-refractivity contribution is 6.19. The minimum atomic E-state index is -1.10. The lowest BCUT2D eigenvalue weighted by molar-refractivity contribution is -0.145. The highest BCUT2D eigenvalue weighted by Crippen LogP contribution is 2.31. The summed E-state index contributed by atoms with van der Waals surface area (Å²) in [4.78, 5) is 38.3. The first-order valence-electron chi connectivity index (χ1n) is 11.1. The van der Waals surface area contributed by atoms with Gasteiger partial charge in [0.1, 0.15) is 5.41 Å². The number of carbonyl (C=O) groups excluding carboxylic acids is 3. The van der Waals surface area contributed by atoms with Gasteiger partial charge in [0.25, 0.3) is 0 Å². The van der Waals surface area contributed by atoms with Gasteiger partial charge in [-0.3, -0.25) is 20.2 Å². The van der Waals surface area contributed by atoms with E-state index in [4.69, 9.17) is 0 Å². The molecule has 0 aromatic carbocycles. The van der Waals surface area contributed by atoms with E-state index in [9.17, 15) is 14.4 Å². The molecule has 0 atom stereocenters. The molecule has 166 valence electrons. The van der Waals surface area contributed by atoms with Crippen LogP contribution >= 0.6 is 0 Å². The SMILES string of the molecule is CCC1(CCCCCCN2CCNCCNCCNCC2)C(=O)NC(=O)NC1=O. The summed E-state index contributed by atoms with van der Waals surface area (Å²) in [5.74, 6) is -0.911. The number of amides is 4. The maximum Gasteiger partial charge on any atom is 0.328 e. The quantitative estimate of drug-likeness (QED) is 0.278. The molecule has 0 radical (unpaired) electrons. The van der Waals surface area contributed by atoms with Crippen molar-refractivity contribution in [2.45, 2.75) is 45.4 Å². The van der Waals surface area contributed by atoms with Crippen molar-refractivity contribution in [2.75, 3.05) is 58.9 Å². The van der Waals surface area contributed by atoms with Crippen LogP contribution in [0.2, 0.25) is 0 Å². The first-order valence-corrected chi connectivity index (χ1v) is 11.1. The zero-order valence-electron chi connectivity index (χ0n) is 17.8. The monoisotopic (exact) mass is 410 g/mol. The van der Waals surface area contributed by atoms with Gasteiger partial charge in [0.15, 0.2) is 0 Å². The highest BCUT2D eigenvalue weighted by Gasteiger charge is 2.48. The largest absolute Gasteiger partial charge is 0.328 e. The second-order valence-electron chi connectivity index (χ2n) is 7.93. The van der Waals surface area contributed by atoms with Crippen molar-refractivity contribution < 1.29 is 14.4 Å². The fourth-order valence-electron chi connectivity index (χ4n) is 3.96. The Morgan fingerprint density at radius 2 is 1.28 bits per heavy atom. The average molecular weight is 411 g/mol. The molecule has 0 spiro atoms. The van der Waals surface area contributed by atoms with Gasteiger partial charge in [-0.05, 0) is 25.8 Å². The maximum absolute atomic E-state index is 12.2. The van der Waals surface area contributed by atoms with Crippen molar-refractivity contribution in [3.8, 4) is 0 Å². The molecule has 9 nitrogen and oxygen atoms in total. The van der Waals surface area contributed by atoms with Gasteiger partial charge in [-0.15, -0.1) is 0 Å². The number of imide groups is 2. The van der Waals surface area contributed by atoms with Crippen LogP contribution in [0.3, 0.4) is 0 Å². The van der Waals surface area contributed by atoms with Crippen LogP contribution in [0.15, 0.2) is 0 Å². The second kappa shape index (κ2) is 12.9. The Hall–Kier alpha value is -1.55. The summed E-state index contributed by atoms with van der Waals surface area (Å²) in [7, 11) is 0. The summed E-state index contributed by atoms with van der Waals surface area (Å²) in [5.41, 5.74) is -1.10. The first-order chi connectivity index (χ1) is 14.1. The van der Waals surface area contributed by atoms with Gasteiger partial charge in [-0.1, -0.05) is 26.2 Å². The Labute approximate surface area is 174 Å². The number of hydrogen-bond acceptors (Lipinski definition) is 7. The summed E-state index contributed by atoms with van der Waals surface area (Å²) < 4.78 is 0. The predicted molar refractivity (Wildman–Crippen MR) is 113 cm³/mol. The number of carbonyl (C=O) groups is 3. The highest BCUT2D eigenvalue weighted by atomic mass is 16.2. The Kier molecular flexibility index (Phi) is 10.5. The van der Waals surface area contributed by atoms with E-state index < -0.39 is 23.3 Å². The molecule has 5 N–H and O–H groups in total. The third-order valence-corrected chi connectivity index (χ3v) is 5.92. The van der Waals surface area contributed by atoms with Crippen molar-refractivity contribution >= 4 is 17.8 Å². The molecule has 0 bridgehead atoms. The zero-order chi connectivity index (χ0) is 21.0. The lowest BCUT2D eigenvalue weighted by Crippen LogP contribution is -2.62. The van der Waals surface area contributed by atoms with Crippen LogP contribution in [0.4, 0.5) is 4.79 Å². The van der Waals surface area contributed by atoms with Crippen LogP contribution < -0.4 is 26.6 Å². The maximum atomic E-state index is 12.2. The third kappa shape index (κ3) is 7.65. The van der Waals surface area contributed by atoms with Gasteiger partial charge in [-0.2, -0.15) is 0 Å². The number of unbranched alkanes of at least 4 members (excludes halogenated alkanes) is 3. The van der Waals surface area contributed by atoms with Gasteiger partial charge in [0.05, 0.1) is 0 Å². The number of rotatable bonds is 8. The lowest BCUT2D eigenvalue weighted by atomic mass is 9.77. The molecular formula is C20H38N6O3. The summed E-state index contributed by atoms with van der Waals surface area (Å²) in [6, 6.07) is -0.713. The Bertz CT molecular complexity index is 510. The van der Waals surface area contributed by atoms with Crippen LogP contribution in [0.1, 0.15) is 45.4 Å². The zero-order valence-corrected chi connectivity index (χ0v) is 17.8. The molecule has 0 aliphatic carbocycles. The van der Waals surface area contributed by atoms with Crippen LogP contribution in [-0.4, -0.2) is 81.6 Å². The molecule has 4 amide bonds. The minimum absolute atomic E-state index is 0.404. The van der Waals surface area contributed by atoms with Crippen LogP contribution in [0.5, 0.6) is 0 Å². The molecule has 0 saturated carbocycles. The predicted octanol–water partition coefficient (Wildman–Crippen LogP) is -0.216. The molecule has 2 heterocycles. The van der Waals surface area contributed by atoms with Crippen molar-refractivity contribution in [2.24, 2.45) is 5.41 Å². The van der Waals surface area contributed by atoms with E-state index in [2.05, 4.69) is 31.5 Å². The van der Waals surface area contributed by atoms with E-state index in [0.717, 1.165) is 84.6 Å². The first kappa shape index (κ1) is 23.7. The topological polar surface area (TPSA) is 115 Å². The second-order valence-corrected chi connectivity index (χ2v) is 7.93. The minimum Gasteiger partial charge on any atom is -0.314 e. The molecule has 29 heavy (non-hydrogen) atoms. The van der Waals surface area contributed by atoms with Crippen LogP contribution in [0, 0.1) is 5.41 Å². The molecule has 0 aromatic rings. The van der Waals surface area contributed by atoms with E-state index >= 15 is 0 Å². The number of urea groups is 1. The Morgan fingerprint density at radius 3 is 1.83 bits per heavy atom. The van der Waals surface area contributed by atoms with Crippen LogP contribution in [0.25, 0.3) is 0 Å². The van der Waals surface area contributed by atoms with Crippen molar-refractivity contribution in [1.82, 2.24) is 31.5 Å². The van der Waals surface area contributed by atoms with Crippen molar-refractivity contribution in [3.05, 3.63) is 0 Å². The molecule has 0 unspecified atom stereocenters. The molecule has 2 aliphatic heterocycles. The van der Waals surface area contributed by atoms with E-state index in [1.165, 1.54) is 0 Å². The molecular weight excluding hydrogens is 372 g/mol. The van der Waals surface area contributed by atoms with Gasteiger partial charge < -0.3 is 20.9 Å². The number of barbiturate groups is 1. The van der Waals surface area contributed by atoms with Gasteiger partial charge in [0, 0.05) is 52.4 Å². The Morgan fingerprint density at radius 1 is 0.759 bits per heavy atom. The smallest absolute Gasteiger partial charge is 0.314 e. The molecule has 9 heteroatoms. The van der Waals surface area contributed by atoms with Gasteiger partial charge in [-0.25, -0.2) is 4.79 Å². The van der Waals surface area contributed by atoms with Crippen LogP contribution in [-0.2, 0) is 9.59 Å². The van der Waals surface area contributed by atoms with E-state index in [-0.39, 0.29) is 0 Å². The molecule has 2 saturated heterocycles. The third-order valence-electron chi connectivity index (χ3n) is 5.92. The lowest BCUT2D eigenvalue weighted by Gasteiger charge is -2.33. The van der Waals surface area contributed by atoms with E-state index in [1.54, 1.807) is 0 Å².